The second-order valence-corrected chi connectivity index (χ2v) is 10.8. The zero-order chi connectivity index (χ0) is 23.8. The molecule has 1 saturated carbocycles. The lowest BCUT2D eigenvalue weighted by Gasteiger charge is -2.49. The number of fused-ring (bicyclic) bond motifs is 1. The van der Waals surface area contributed by atoms with Gasteiger partial charge in [-0.3, -0.25) is 9.59 Å². The second-order valence-electron chi connectivity index (χ2n) is 10.8. The normalized spacial score (nSPS) is 40.2. The predicted octanol–water partition coefficient (Wildman–Crippen LogP) is 2.75. The molecule has 0 aromatic carbocycles. The lowest BCUT2D eigenvalue weighted by Crippen LogP contribution is -2.51. The van der Waals surface area contributed by atoms with E-state index in [-0.39, 0.29) is 54.2 Å². The Kier molecular flexibility index (Phi) is 7.73. The number of ether oxygens (including phenoxy) is 2. The fourth-order valence-corrected chi connectivity index (χ4v) is 5.47. The average molecular weight is 453 g/mol. The molecule has 0 bridgehead atoms. The largest absolute Gasteiger partial charge is 0.462 e. The van der Waals surface area contributed by atoms with Gasteiger partial charge in [-0.25, -0.2) is 0 Å². The molecule has 1 heterocycles. The van der Waals surface area contributed by atoms with Crippen molar-refractivity contribution in [3.8, 4) is 0 Å². The van der Waals surface area contributed by atoms with Crippen LogP contribution in [0.3, 0.4) is 0 Å². The highest BCUT2D eigenvalue weighted by molar-refractivity contribution is 5.76. The Labute approximate surface area is 191 Å². The van der Waals surface area contributed by atoms with Crippen molar-refractivity contribution in [2.24, 2.45) is 29.1 Å². The molecule has 0 spiro atoms. The van der Waals surface area contributed by atoms with E-state index in [9.17, 15) is 24.9 Å². The molecule has 0 amide bonds. The third-order valence-electron chi connectivity index (χ3n) is 8.06. The lowest BCUT2D eigenvalue weighted by atomic mass is 9.61. The number of hydrogen-bond acceptors (Lipinski definition) is 7. The molecule has 2 aliphatic carbocycles. The van der Waals surface area contributed by atoms with Gasteiger partial charge in [-0.05, 0) is 62.9 Å². The summed E-state index contributed by atoms with van der Waals surface area (Å²) >= 11 is 0. The van der Waals surface area contributed by atoms with Gasteiger partial charge in [-0.1, -0.05) is 26.8 Å². The van der Waals surface area contributed by atoms with Crippen LogP contribution in [-0.2, 0) is 19.1 Å². The van der Waals surface area contributed by atoms with Crippen molar-refractivity contribution in [2.75, 3.05) is 0 Å². The van der Waals surface area contributed by atoms with Crippen LogP contribution in [0.4, 0.5) is 0 Å². The highest BCUT2D eigenvalue weighted by atomic mass is 16.6. The van der Waals surface area contributed by atoms with Gasteiger partial charge < -0.3 is 24.8 Å². The topological polar surface area (TPSA) is 113 Å². The summed E-state index contributed by atoms with van der Waals surface area (Å²) in [4.78, 5) is 24.7. The smallest absolute Gasteiger partial charge is 0.311 e. The zero-order valence-electron chi connectivity index (χ0n) is 20.0. The first-order valence-corrected chi connectivity index (χ1v) is 12.1. The minimum Gasteiger partial charge on any atom is -0.462 e. The van der Waals surface area contributed by atoms with Crippen molar-refractivity contribution in [3.63, 3.8) is 0 Å². The van der Waals surface area contributed by atoms with Gasteiger partial charge in [-0.2, -0.15) is 0 Å². The van der Waals surface area contributed by atoms with Crippen LogP contribution in [0.1, 0.15) is 73.1 Å². The molecule has 9 atom stereocenters. The first kappa shape index (κ1) is 25.2. The first-order valence-electron chi connectivity index (χ1n) is 12.1. The van der Waals surface area contributed by atoms with E-state index in [0.29, 0.717) is 32.1 Å². The summed E-state index contributed by atoms with van der Waals surface area (Å²) in [5.41, 5.74) is 0.164. The molecule has 0 aromatic heterocycles. The monoisotopic (exact) mass is 452 g/mol. The molecule has 7 nitrogen and oxygen atoms in total. The van der Waals surface area contributed by atoms with Crippen LogP contribution in [0.15, 0.2) is 11.6 Å². The van der Waals surface area contributed by atoms with E-state index in [1.807, 2.05) is 34.6 Å². The van der Waals surface area contributed by atoms with Crippen LogP contribution in [-0.4, -0.2) is 57.8 Å². The fraction of sp³-hybridized carbons (Fsp3) is 0.840. The molecular weight excluding hydrogens is 412 g/mol. The van der Waals surface area contributed by atoms with Gasteiger partial charge >= 0.3 is 11.9 Å². The number of carbonyl (C=O) groups excluding carboxylic acids is 2. The summed E-state index contributed by atoms with van der Waals surface area (Å²) in [5, 5.41) is 31.6. The molecule has 1 saturated heterocycles. The van der Waals surface area contributed by atoms with Gasteiger partial charge in [0, 0.05) is 12.3 Å². The van der Waals surface area contributed by atoms with Crippen molar-refractivity contribution in [3.05, 3.63) is 11.6 Å². The summed E-state index contributed by atoms with van der Waals surface area (Å²) in [5.74, 6) is -1.06. The quantitative estimate of drug-likeness (QED) is 0.419. The van der Waals surface area contributed by atoms with E-state index in [1.54, 1.807) is 6.08 Å². The Morgan fingerprint density at radius 1 is 1.19 bits per heavy atom. The van der Waals surface area contributed by atoms with E-state index in [0.717, 1.165) is 5.57 Å². The van der Waals surface area contributed by atoms with E-state index in [2.05, 4.69) is 0 Å². The van der Waals surface area contributed by atoms with Crippen molar-refractivity contribution < 1.29 is 34.4 Å². The van der Waals surface area contributed by atoms with Crippen molar-refractivity contribution in [1.29, 1.82) is 0 Å². The predicted molar refractivity (Wildman–Crippen MR) is 118 cm³/mol. The fourth-order valence-electron chi connectivity index (χ4n) is 5.47. The third kappa shape index (κ3) is 5.20. The van der Waals surface area contributed by atoms with E-state index < -0.39 is 23.7 Å². The zero-order valence-corrected chi connectivity index (χ0v) is 20.0. The highest BCUT2D eigenvalue weighted by Crippen LogP contribution is 2.48. The lowest BCUT2D eigenvalue weighted by molar-refractivity contribution is -0.169. The number of rotatable bonds is 6. The molecule has 2 fully saturated rings. The highest BCUT2D eigenvalue weighted by Gasteiger charge is 2.49. The summed E-state index contributed by atoms with van der Waals surface area (Å²) in [6, 6.07) is 0. The minimum absolute atomic E-state index is 0.0277. The molecule has 1 aliphatic heterocycles. The number of aliphatic hydroxyl groups excluding tert-OH is 3. The number of carbonyl (C=O) groups is 2. The molecule has 0 aromatic rings. The Balaban J connectivity index is 1.83. The standard InChI is InChI=1S/C25H40O7/c1-6-25(4,5)24(30)32-20-9-13(2)23(29)18-12-19(27)14(3)17(22(18)20)8-7-16-10-15(26)11-21(28)31-16/h12-17,19-20,22-23,26-27,29H,6-11H2,1-5H3/t13-,14-,15-,16-,17+,19-,20+,22-,23+/m1/s1. The van der Waals surface area contributed by atoms with E-state index in [1.165, 1.54) is 0 Å². The van der Waals surface area contributed by atoms with Gasteiger partial charge in [0.2, 0.25) is 0 Å². The van der Waals surface area contributed by atoms with Gasteiger partial charge in [0.1, 0.15) is 12.2 Å². The number of cyclic esters (lactones) is 1. The molecule has 3 N–H and O–H groups in total. The first-order chi connectivity index (χ1) is 14.9. The summed E-state index contributed by atoms with van der Waals surface area (Å²) in [6.45, 7) is 9.63. The molecular formula is C25H40O7. The van der Waals surface area contributed by atoms with Gasteiger partial charge in [0.25, 0.3) is 0 Å². The van der Waals surface area contributed by atoms with Crippen LogP contribution >= 0.6 is 0 Å². The van der Waals surface area contributed by atoms with Crippen LogP contribution in [0, 0.1) is 29.1 Å². The Morgan fingerprint density at radius 3 is 2.50 bits per heavy atom. The number of hydrogen-bond donors (Lipinski definition) is 3. The van der Waals surface area contributed by atoms with Crippen LogP contribution in [0.2, 0.25) is 0 Å². The van der Waals surface area contributed by atoms with Gasteiger partial charge in [0.05, 0.1) is 30.1 Å². The van der Waals surface area contributed by atoms with E-state index >= 15 is 0 Å². The van der Waals surface area contributed by atoms with Crippen LogP contribution < -0.4 is 0 Å². The van der Waals surface area contributed by atoms with Crippen molar-refractivity contribution in [2.45, 2.75) is 104 Å². The van der Waals surface area contributed by atoms with Crippen LogP contribution in [0.25, 0.3) is 0 Å². The van der Waals surface area contributed by atoms with E-state index in [4.69, 9.17) is 9.47 Å². The van der Waals surface area contributed by atoms with Crippen LogP contribution in [0.5, 0.6) is 0 Å². The van der Waals surface area contributed by atoms with Gasteiger partial charge in [0.15, 0.2) is 0 Å². The Morgan fingerprint density at radius 2 is 1.88 bits per heavy atom. The molecule has 3 aliphatic rings. The SMILES string of the molecule is CCC(C)(C)C(=O)O[C@H]1C[C@@H](C)[C@H](O)C2=C[C@@H](O)[C@H](C)[C@H](CC[C@@H]3C[C@@H](O)CC(=O)O3)[C@H]21. The number of esters is 2. The number of aliphatic hydroxyl groups is 3. The Bertz CT molecular complexity index is 730. The molecule has 7 heteroatoms. The third-order valence-corrected chi connectivity index (χ3v) is 8.06. The maximum atomic E-state index is 12.9. The second kappa shape index (κ2) is 9.82. The van der Waals surface area contributed by atoms with Gasteiger partial charge in [-0.15, -0.1) is 0 Å². The molecule has 3 rings (SSSR count). The molecule has 0 radical (unpaired) electrons. The average Bonchev–Trinajstić information content (AvgIpc) is 2.71. The summed E-state index contributed by atoms with van der Waals surface area (Å²) in [7, 11) is 0. The Hall–Kier alpha value is -1.44. The summed E-state index contributed by atoms with van der Waals surface area (Å²) < 4.78 is 11.5. The van der Waals surface area contributed by atoms with Crippen molar-refractivity contribution in [1.82, 2.24) is 0 Å². The molecule has 32 heavy (non-hydrogen) atoms. The molecule has 182 valence electrons. The molecule has 0 unspecified atom stereocenters. The maximum Gasteiger partial charge on any atom is 0.311 e. The maximum absolute atomic E-state index is 12.9. The summed E-state index contributed by atoms with van der Waals surface area (Å²) in [6.07, 6.45) is 1.79. The van der Waals surface area contributed by atoms with Crippen molar-refractivity contribution >= 4 is 11.9 Å². The minimum atomic E-state index is -0.700.